The smallest absolute Gasteiger partial charge is 0.344 e. The van der Waals surface area contributed by atoms with E-state index >= 15 is 0 Å². The Bertz CT molecular complexity index is 799. The van der Waals surface area contributed by atoms with Crippen molar-refractivity contribution >= 4 is 17.6 Å². The number of anilines is 1. The molecular formula is C21H25NO4. The number of hydrogen-bond acceptors (Lipinski definition) is 4. The second-order valence-corrected chi connectivity index (χ2v) is 6.23. The molecule has 0 bridgehead atoms. The van der Waals surface area contributed by atoms with Crippen LogP contribution in [0.15, 0.2) is 36.4 Å². The summed E-state index contributed by atoms with van der Waals surface area (Å²) in [6.45, 7) is 7.23. The minimum absolute atomic E-state index is 0.234. The number of para-hydroxylation sites is 1. The average molecular weight is 355 g/mol. The van der Waals surface area contributed by atoms with E-state index in [0.29, 0.717) is 5.75 Å². The van der Waals surface area contributed by atoms with Gasteiger partial charge in [-0.3, -0.25) is 4.79 Å². The van der Waals surface area contributed by atoms with E-state index in [9.17, 15) is 9.59 Å². The zero-order valence-corrected chi connectivity index (χ0v) is 15.7. The van der Waals surface area contributed by atoms with Gasteiger partial charge in [-0.25, -0.2) is 4.79 Å². The Labute approximate surface area is 154 Å². The lowest BCUT2D eigenvalue weighted by Gasteiger charge is -2.13. The Kier molecular flexibility index (Phi) is 6.78. The van der Waals surface area contributed by atoms with Crippen LogP contribution in [0.3, 0.4) is 0 Å². The third-order valence-corrected chi connectivity index (χ3v) is 4.06. The number of aryl methyl sites for hydroxylation is 4. The summed E-state index contributed by atoms with van der Waals surface area (Å²) in [5.41, 5.74) is 4.78. The van der Waals surface area contributed by atoms with Crippen molar-refractivity contribution < 1.29 is 19.1 Å². The third-order valence-electron chi connectivity index (χ3n) is 4.06. The molecule has 0 heterocycles. The number of carbonyl (C=O) groups is 2. The van der Waals surface area contributed by atoms with Gasteiger partial charge in [0.05, 0.1) is 0 Å². The highest BCUT2D eigenvalue weighted by atomic mass is 16.6. The molecule has 138 valence electrons. The Morgan fingerprint density at radius 1 is 1.00 bits per heavy atom. The summed E-state index contributed by atoms with van der Waals surface area (Å²) in [4.78, 5) is 23.9. The predicted octanol–water partition coefficient (Wildman–Crippen LogP) is 3.73. The minimum atomic E-state index is -0.582. The van der Waals surface area contributed by atoms with Crippen molar-refractivity contribution in [1.82, 2.24) is 0 Å². The van der Waals surface area contributed by atoms with E-state index in [1.165, 1.54) is 0 Å². The van der Waals surface area contributed by atoms with Crippen molar-refractivity contribution in [2.24, 2.45) is 0 Å². The Hall–Kier alpha value is -2.82. The topological polar surface area (TPSA) is 64.6 Å². The van der Waals surface area contributed by atoms with Gasteiger partial charge in [-0.2, -0.15) is 0 Å². The molecular weight excluding hydrogens is 330 g/mol. The summed E-state index contributed by atoms with van der Waals surface area (Å²) in [5, 5.41) is 2.82. The number of benzene rings is 2. The summed E-state index contributed by atoms with van der Waals surface area (Å²) in [7, 11) is 0. The summed E-state index contributed by atoms with van der Waals surface area (Å²) in [5.74, 6) is -0.311. The Balaban J connectivity index is 1.84. The molecule has 0 unspecified atom stereocenters. The van der Waals surface area contributed by atoms with Crippen LogP contribution >= 0.6 is 0 Å². The molecule has 2 aromatic rings. The van der Waals surface area contributed by atoms with Crippen molar-refractivity contribution in [3.63, 3.8) is 0 Å². The normalized spacial score (nSPS) is 10.3. The first-order chi connectivity index (χ1) is 12.4. The van der Waals surface area contributed by atoms with Crippen LogP contribution in [0.25, 0.3) is 0 Å². The summed E-state index contributed by atoms with van der Waals surface area (Å²) in [6.07, 6.45) is 0.806. The van der Waals surface area contributed by atoms with Gasteiger partial charge in [-0.15, -0.1) is 0 Å². The van der Waals surface area contributed by atoms with E-state index in [0.717, 1.165) is 34.4 Å². The molecule has 0 spiro atoms. The molecule has 2 aromatic carbocycles. The average Bonchev–Trinajstić information content (AvgIpc) is 2.62. The van der Waals surface area contributed by atoms with E-state index in [4.69, 9.17) is 9.47 Å². The van der Waals surface area contributed by atoms with Crippen LogP contribution in [-0.4, -0.2) is 25.1 Å². The van der Waals surface area contributed by atoms with Crippen LogP contribution in [0.5, 0.6) is 5.75 Å². The van der Waals surface area contributed by atoms with Crippen LogP contribution in [0.4, 0.5) is 5.69 Å². The molecule has 0 atom stereocenters. The fraction of sp³-hybridized carbons (Fsp3) is 0.333. The number of ether oxygens (including phenoxy) is 2. The molecule has 0 aliphatic heterocycles. The second-order valence-electron chi connectivity index (χ2n) is 6.23. The molecule has 5 nitrogen and oxygen atoms in total. The number of amides is 1. The lowest BCUT2D eigenvalue weighted by molar-refractivity contribution is -0.149. The second kappa shape index (κ2) is 9.04. The zero-order chi connectivity index (χ0) is 19.1. The first kappa shape index (κ1) is 19.5. The van der Waals surface area contributed by atoms with Gasteiger partial charge in [-0.1, -0.05) is 37.3 Å². The van der Waals surface area contributed by atoms with Crippen LogP contribution in [0.1, 0.15) is 29.2 Å². The van der Waals surface area contributed by atoms with Crippen LogP contribution in [-0.2, 0) is 20.7 Å². The molecule has 0 saturated heterocycles. The molecule has 26 heavy (non-hydrogen) atoms. The number of esters is 1. The molecule has 0 aliphatic rings. The van der Waals surface area contributed by atoms with Gasteiger partial charge in [0.25, 0.3) is 5.91 Å². The molecule has 0 saturated carbocycles. The fourth-order valence-corrected chi connectivity index (χ4v) is 2.56. The van der Waals surface area contributed by atoms with Crippen molar-refractivity contribution in [1.29, 1.82) is 0 Å². The molecule has 1 N–H and O–H groups in total. The largest absolute Gasteiger partial charge is 0.482 e. The fourth-order valence-electron chi connectivity index (χ4n) is 2.56. The first-order valence-corrected chi connectivity index (χ1v) is 8.64. The standard InChI is InChI=1S/C21H25NO4/c1-5-17-8-6-7-16(4)21(17)22-19(23)12-26-20(24)13-25-18-11-14(2)9-10-15(18)3/h6-11H,5,12-13H2,1-4H3,(H,22,23). The predicted molar refractivity (Wildman–Crippen MR) is 102 cm³/mol. The van der Waals surface area contributed by atoms with Gasteiger partial charge in [-0.05, 0) is 55.5 Å². The quantitative estimate of drug-likeness (QED) is 0.769. The van der Waals surface area contributed by atoms with E-state index in [1.54, 1.807) is 0 Å². The van der Waals surface area contributed by atoms with Crippen LogP contribution in [0.2, 0.25) is 0 Å². The van der Waals surface area contributed by atoms with Crippen LogP contribution < -0.4 is 10.1 Å². The van der Waals surface area contributed by atoms with Crippen molar-refractivity contribution in [2.75, 3.05) is 18.5 Å². The maximum Gasteiger partial charge on any atom is 0.344 e. The highest BCUT2D eigenvalue weighted by molar-refractivity contribution is 5.94. The van der Waals surface area contributed by atoms with Gasteiger partial charge in [0, 0.05) is 5.69 Å². The lowest BCUT2D eigenvalue weighted by Crippen LogP contribution is -2.24. The third kappa shape index (κ3) is 5.34. The minimum Gasteiger partial charge on any atom is -0.482 e. The Morgan fingerprint density at radius 3 is 2.50 bits per heavy atom. The van der Waals surface area contributed by atoms with E-state index < -0.39 is 5.97 Å². The monoisotopic (exact) mass is 355 g/mol. The Morgan fingerprint density at radius 2 is 1.77 bits per heavy atom. The molecule has 5 heteroatoms. The molecule has 2 rings (SSSR count). The van der Waals surface area contributed by atoms with E-state index in [1.807, 2.05) is 64.1 Å². The van der Waals surface area contributed by atoms with Gasteiger partial charge in [0.15, 0.2) is 13.2 Å². The SMILES string of the molecule is CCc1cccc(C)c1NC(=O)COC(=O)COc1cc(C)ccc1C. The number of hydrogen-bond donors (Lipinski definition) is 1. The highest BCUT2D eigenvalue weighted by Crippen LogP contribution is 2.21. The van der Waals surface area contributed by atoms with Gasteiger partial charge < -0.3 is 14.8 Å². The number of nitrogens with one attached hydrogen (secondary N) is 1. The van der Waals surface area contributed by atoms with Gasteiger partial charge >= 0.3 is 5.97 Å². The van der Waals surface area contributed by atoms with E-state index in [-0.39, 0.29) is 19.1 Å². The number of carbonyl (C=O) groups excluding carboxylic acids is 2. The molecule has 0 fully saturated rings. The van der Waals surface area contributed by atoms with Crippen molar-refractivity contribution in [2.45, 2.75) is 34.1 Å². The van der Waals surface area contributed by atoms with E-state index in [2.05, 4.69) is 5.32 Å². The van der Waals surface area contributed by atoms with Crippen LogP contribution in [0, 0.1) is 20.8 Å². The number of rotatable bonds is 7. The molecule has 1 amide bonds. The molecule has 0 aromatic heterocycles. The highest BCUT2D eigenvalue weighted by Gasteiger charge is 2.12. The first-order valence-electron chi connectivity index (χ1n) is 8.64. The maximum atomic E-state index is 12.1. The molecule has 0 radical (unpaired) electrons. The van der Waals surface area contributed by atoms with Gasteiger partial charge in [0.2, 0.25) is 0 Å². The zero-order valence-electron chi connectivity index (χ0n) is 15.7. The maximum absolute atomic E-state index is 12.1. The van der Waals surface area contributed by atoms with Crippen molar-refractivity contribution in [3.8, 4) is 5.75 Å². The summed E-state index contributed by atoms with van der Waals surface area (Å²) < 4.78 is 10.5. The summed E-state index contributed by atoms with van der Waals surface area (Å²) in [6, 6.07) is 11.6. The summed E-state index contributed by atoms with van der Waals surface area (Å²) >= 11 is 0. The lowest BCUT2D eigenvalue weighted by atomic mass is 10.1. The molecule has 0 aliphatic carbocycles. The van der Waals surface area contributed by atoms with Gasteiger partial charge in [0.1, 0.15) is 5.75 Å². The van der Waals surface area contributed by atoms with Crippen molar-refractivity contribution in [3.05, 3.63) is 58.7 Å².